The van der Waals surface area contributed by atoms with Gasteiger partial charge in [0.2, 0.25) is 5.91 Å². The molecule has 2 unspecified atom stereocenters. The Morgan fingerprint density at radius 1 is 0.971 bits per heavy atom. The molecule has 1 aliphatic carbocycles. The molecule has 1 heterocycles. The van der Waals surface area contributed by atoms with E-state index in [0.717, 1.165) is 11.1 Å². The summed E-state index contributed by atoms with van der Waals surface area (Å²) in [5, 5.41) is 11.9. The summed E-state index contributed by atoms with van der Waals surface area (Å²) in [6.07, 6.45) is -0.374. The van der Waals surface area contributed by atoms with Gasteiger partial charge in [-0.3, -0.25) is 14.5 Å². The zero-order valence-electron chi connectivity index (χ0n) is 19.6. The average molecular weight is 466 g/mol. The van der Waals surface area contributed by atoms with Gasteiger partial charge in [-0.2, -0.15) is 0 Å². The summed E-state index contributed by atoms with van der Waals surface area (Å²) in [6, 6.07) is 15.4. The predicted molar refractivity (Wildman–Crippen MR) is 128 cm³/mol. The molecule has 8 heteroatoms. The van der Waals surface area contributed by atoms with E-state index in [1.165, 1.54) is 11.1 Å². The second-order valence-electron chi connectivity index (χ2n) is 9.01. The molecule has 2 aromatic rings. The molecule has 1 fully saturated rings. The highest BCUT2D eigenvalue weighted by Crippen LogP contribution is 2.44. The van der Waals surface area contributed by atoms with Crippen molar-refractivity contribution >= 4 is 18.0 Å². The number of hydrogen-bond donors (Lipinski definition) is 2. The lowest BCUT2D eigenvalue weighted by Gasteiger charge is -2.37. The maximum absolute atomic E-state index is 12.6. The van der Waals surface area contributed by atoms with Crippen LogP contribution in [0.15, 0.2) is 48.5 Å². The summed E-state index contributed by atoms with van der Waals surface area (Å²) < 4.78 is 5.56. The molecule has 0 spiro atoms. The lowest BCUT2D eigenvalue weighted by molar-refractivity contribution is -0.144. The quantitative estimate of drug-likeness (QED) is 0.652. The van der Waals surface area contributed by atoms with Crippen LogP contribution in [0.1, 0.15) is 37.3 Å². The third kappa shape index (κ3) is 5.07. The number of benzene rings is 2. The Morgan fingerprint density at radius 3 is 2.09 bits per heavy atom. The first-order valence-electron chi connectivity index (χ1n) is 11.7. The fourth-order valence-electron chi connectivity index (χ4n) is 4.80. The smallest absolute Gasteiger partial charge is 0.407 e. The van der Waals surface area contributed by atoms with Crippen molar-refractivity contribution in [1.82, 2.24) is 15.1 Å². The van der Waals surface area contributed by atoms with Gasteiger partial charge in [0, 0.05) is 44.6 Å². The number of rotatable bonds is 7. The van der Waals surface area contributed by atoms with Gasteiger partial charge in [0.1, 0.15) is 12.6 Å². The number of hydrogen-bond acceptors (Lipinski definition) is 5. The van der Waals surface area contributed by atoms with Crippen LogP contribution in [0.2, 0.25) is 0 Å². The molecule has 0 aromatic heterocycles. The molecule has 1 aliphatic heterocycles. The van der Waals surface area contributed by atoms with E-state index in [4.69, 9.17) is 9.84 Å². The highest BCUT2D eigenvalue weighted by molar-refractivity contribution is 5.80. The van der Waals surface area contributed by atoms with Gasteiger partial charge >= 0.3 is 12.1 Å². The molecule has 2 amide bonds. The van der Waals surface area contributed by atoms with Crippen molar-refractivity contribution in [1.29, 1.82) is 0 Å². The molecule has 34 heavy (non-hydrogen) atoms. The minimum absolute atomic E-state index is 0.0143. The number of ether oxygens (including phenoxy) is 1. The van der Waals surface area contributed by atoms with Gasteiger partial charge in [0.05, 0.1) is 0 Å². The van der Waals surface area contributed by atoms with Crippen LogP contribution in [0, 0.1) is 0 Å². The SMILES string of the molecule is CC(CC(=O)N1CCN(C(C)C(=O)O)CC1)NC(=O)OCC1c2ccccc2-c2ccccc21. The molecule has 2 atom stereocenters. The van der Waals surface area contributed by atoms with Crippen molar-refractivity contribution in [2.45, 2.75) is 38.3 Å². The number of carbonyl (C=O) groups is 3. The van der Waals surface area contributed by atoms with Crippen molar-refractivity contribution in [2.75, 3.05) is 32.8 Å². The number of carboxylic acids is 1. The van der Waals surface area contributed by atoms with Crippen molar-refractivity contribution in [3.8, 4) is 11.1 Å². The van der Waals surface area contributed by atoms with E-state index in [2.05, 4.69) is 29.6 Å². The summed E-state index contributed by atoms with van der Waals surface area (Å²) in [7, 11) is 0. The molecule has 4 rings (SSSR count). The summed E-state index contributed by atoms with van der Waals surface area (Å²) in [6.45, 7) is 5.66. The average Bonchev–Trinajstić information content (AvgIpc) is 3.16. The minimum atomic E-state index is -0.860. The topological polar surface area (TPSA) is 99.2 Å². The molecular weight excluding hydrogens is 434 g/mol. The van der Waals surface area contributed by atoms with Crippen molar-refractivity contribution in [3.05, 3.63) is 59.7 Å². The second-order valence-corrected chi connectivity index (χ2v) is 9.01. The Bertz CT molecular complexity index is 1020. The van der Waals surface area contributed by atoms with Crippen LogP contribution in [-0.4, -0.2) is 77.7 Å². The van der Waals surface area contributed by atoms with Gasteiger partial charge in [-0.25, -0.2) is 4.79 Å². The first-order valence-corrected chi connectivity index (χ1v) is 11.7. The van der Waals surface area contributed by atoms with E-state index in [-0.39, 0.29) is 30.9 Å². The van der Waals surface area contributed by atoms with Gasteiger partial charge in [0.25, 0.3) is 0 Å². The minimum Gasteiger partial charge on any atom is -0.480 e. The fourth-order valence-corrected chi connectivity index (χ4v) is 4.80. The van der Waals surface area contributed by atoms with Crippen LogP contribution >= 0.6 is 0 Å². The van der Waals surface area contributed by atoms with Gasteiger partial charge < -0.3 is 20.1 Å². The number of nitrogens with zero attached hydrogens (tertiary/aromatic N) is 2. The van der Waals surface area contributed by atoms with E-state index < -0.39 is 18.1 Å². The molecule has 8 nitrogen and oxygen atoms in total. The molecule has 0 radical (unpaired) electrons. The number of alkyl carbamates (subject to hydrolysis) is 1. The van der Waals surface area contributed by atoms with Crippen LogP contribution < -0.4 is 5.32 Å². The monoisotopic (exact) mass is 465 g/mol. The zero-order valence-corrected chi connectivity index (χ0v) is 19.6. The van der Waals surface area contributed by atoms with Crippen molar-refractivity contribution in [2.24, 2.45) is 0 Å². The fraction of sp³-hybridized carbons (Fsp3) is 0.423. The van der Waals surface area contributed by atoms with Crippen molar-refractivity contribution < 1.29 is 24.2 Å². The van der Waals surface area contributed by atoms with Gasteiger partial charge in [-0.1, -0.05) is 48.5 Å². The number of carbonyl (C=O) groups excluding carboxylic acids is 2. The number of aliphatic carboxylic acids is 1. The third-order valence-corrected chi connectivity index (χ3v) is 6.76. The van der Waals surface area contributed by atoms with E-state index in [1.54, 1.807) is 18.7 Å². The van der Waals surface area contributed by atoms with E-state index in [0.29, 0.717) is 26.2 Å². The van der Waals surface area contributed by atoms with Crippen LogP contribution in [0.3, 0.4) is 0 Å². The lowest BCUT2D eigenvalue weighted by atomic mass is 9.98. The second kappa shape index (κ2) is 10.3. The Balaban J connectivity index is 1.25. The predicted octanol–water partition coefficient (Wildman–Crippen LogP) is 2.92. The number of piperazine rings is 1. The summed E-state index contributed by atoms with van der Waals surface area (Å²) in [5.74, 6) is -0.936. The largest absolute Gasteiger partial charge is 0.480 e. The first kappa shape index (κ1) is 23.8. The third-order valence-electron chi connectivity index (χ3n) is 6.76. The summed E-state index contributed by atoms with van der Waals surface area (Å²) in [5.41, 5.74) is 4.64. The number of fused-ring (bicyclic) bond motifs is 3. The van der Waals surface area contributed by atoms with Gasteiger partial charge in [-0.05, 0) is 36.1 Å². The van der Waals surface area contributed by atoms with Gasteiger partial charge in [0.15, 0.2) is 0 Å². The summed E-state index contributed by atoms with van der Waals surface area (Å²) in [4.78, 5) is 39.8. The molecule has 2 N–H and O–H groups in total. The van der Waals surface area contributed by atoms with Crippen molar-refractivity contribution in [3.63, 3.8) is 0 Å². The lowest BCUT2D eigenvalue weighted by Crippen LogP contribution is -2.53. The molecule has 2 aliphatic rings. The molecule has 180 valence electrons. The summed E-state index contributed by atoms with van der Waals surface area (Å²) >= 11 is 0. The van der Waals surface area contributed by atoms with Crippen LogP contribution in [-0.2, 0) is 14.3 Å². The maximum atomic E-state index is 12.6. The zero-order chi connectivity index (χ0) is 24.2. The normalized spacial score (nSPS) is 17.4. The molecule has 1 saturated heterocycles. The number of nitrogens with one attached hydrogen (secondary N) is 1. The van der Waals surface area contributed by atoms with E-state index in [1.807, 2.05) is 29.2 Å². The molecule has 0 bridgehead atoms. The van der Waals surface area contributed by atoms with Crippen LogP contribution in [0.25, 0.3) is 11.1 Å². The first-order chi connectivity index (χ1) is 16.3. The molecular formula is C26H31N3O5. The Morgan fingerprint density at radius 2 is 1.53 bits per heavy atom. The maximum Gasteiger partial charge on any atom is 0.407 e. The Kier molecular flexibility index (Phi) is 7.17. The van der Waals surface area contributed by atoms with E-state index in [9.17, 15) is 14.4 Å². The highest BCUT2D eigenvalue weighted by atomic mass is 16.5. The molecule has 0 saturated carbocycles. The highest BCUT2D eigenvalue weighted by Gasteiger charge is 2.30. The Labute approximate surface area is 199 Å². The van der Waals surface area contributed by atoms with Crippen LogP contribution in [0.4, 0.5) is 4.79 Å². The number of carboxylic acid groups (broad SMARTS) is 1. The van der Waals surface area contributed by atoms with Gasteiger partial charge in [-0.15, -0.1) is 0 Å². The van der Waals surface area contributed by atoms with Crippen LogP contribution in [0.5, 0.6) is 0 Å². The van der Waals surface area contributed by atoms with E-state index >= 15 is 0 Å². The number of amides is 2. The molecule has 2 aromatic carbocycles. The Hall–Kier alpha value is -3.39. The standard InChI is InChI=1S/C26H31N3O5/c1-17(15-24(30)29-13-11-28(12-14-29)18(2)25(31)32)27-26(33)34-16-23-21-9-5-3-7-19(21)20-8-4-6-10-22(20)23/h3-10,17-18,23H,11-16H2,1-2H3,(H,27,33)(H,31,32).